The summed E-state index contributed by atoms with van der Waals surface area (Å²) in [4.78, 5) is 14.6. The highest BCUT2D eigenvalue weighted by Gasteiger charge is 2.21. The number of carbonyl (C=O) groups is 1. The summed E-state index contributed by atoms with van der Waals surface area (Å²) in [6, 6.07) is 7.90. The fourth-order valence-corrected chi connectivity index (χ4v) is 1.91. The smallest absolute Gasteiger partial charge is 0.204 e. The first-order chi connectivity index (χ1) is 6.86. The largest absolute Gasteiger partial charge is 0.368 e. The van der Waals surface area contributed by atoms with E-state index in [0.717, 1.165) is 22.2 Å². The number of ether oxygens (including phenoxy) is 1. The number of benzene rings is 1. The summed E-state index contributed by atoms with van der Waals surface area (Å²) in [6.45, 7) is 0.727. The summed E-state index contributed by atoms with van der Waals surface area (Å²) < 4.78 is 5.21. The molecule has 1 aliphatic rings. The number of aromatic nitrogens is 1. The molecule has 0 atom stereocenters. The number of Topliss-reactive ketones (excluding diaryl/α,β-unsaturated/α-hetero) is 1. The highest BCUT2D eigenvalue weighted by Crippen LogP contribution is 2.25. The van der Waals surface area contributed by atoms with Crippen LogP contribution in [-0.4, -0.2) is 17.4 Å². The van der Waals surface area contributed by atoms with Gasteiger partial charge in [0.2, 0.25) is 5.78 Å². The van der Waals surface area contributed by atoms with Crippen LogP contribution >= 0.6 is 0 Å². The topological polar surface area (TPSA) is 42.1 Å². The molecule has 0 saturated heterocycles. The number of H-pyrrole nitrogens is 1. The Morgan fingerprint density at radius 1 is 1.21 bits per heavy atom. The zero-order valence-electron chi connectivity index (χ0n) is 7.54. The van der Waals surface area contributed by atoms with Crippen molar-refractivity contribution in [1.82, 2.24) is 4.98 Å². The molecule has 0 aliphatic carbocycles. The lowest BCUT2D eigenvalue weighted by Gasteiger charge is -2.10. The van der Waals surface area contributed by atoms with Gasteiger partial charge in [-0.15, -0.1) is 0 Å². The molecule has 3 heteroatoms. The SMILES string of the molecule is O=C1COCc2c1[nH]c1ccccc21. The highest BCUT2D eigenvalue weighted by atomic mass is 16.5. The van der Waals surface area contributed by atoms with Gasteiger partial charge >= 0.3 is 0 Å². The van der Waals surface area contributed by atoms with E-state index in [2.05, 4.69) is 4.98 Å². The van der Waals surface area contributed by atoms with Crippen LogP contribution < -0.4 is 0 Å². The van der Waals surface area contributed by atoms with Crippen molar-refractivity contribution < 1.29 is 9.53 Å². The number of fused-ring (bicyclic) bond motifs is 3. The molecule has 0 spiro atoms. The molecular formula is C11H9NO2. The highest BCUT2D eigenvalue weighted by molar-refractivity contribution is 6.03. The van der Waals surface area contributed by atoms with Gasteiger partial charge in [0.25, 0.3) is 0 Å². The van der Waals surface area contributed by atoms with E-state index in [1.165, 1.54) is 0 Å². The predicted molar refractivity (Wildman–Crippen MR) is 52.3 cm³/mol. The molecule has 0 saturated carbocycles. The van der Waals surface area contributed by atoms with Gasteiger partial charge in [-0.05, 0) is 6.07 Å². The lowest BCUT2D eigenvalue weighted by atomic mass is 10.1. The Morgan fingerprint density at radius 3 is 3.00 bits per heavy atom. The molecule has 0 radical (unpaired) electrons. The second-order valence-corrected chi connectivity index (χ2v) is 3.44. The molecule has 3 rings (SSSR count). The monoisotopic (exact) mass is 187 g/mol. The fraction of sp³-hybridized carbons (Fsp3) is 0.182. The van der Waals surface area contributed by atoms with Gasteiger partial charge in [0.05, 0.1) is 12.3 Å². The van der Waals surface area contributed by atoms with E-state index in [9.17, 15) is 4.79 Å². The molecular weight excluding hydrogens is 178 g/mol. The summed E-state index contributed by atoms with van der Waals surface area (Å²) >= 11 is 0. The first-order valence-corrected chi connectivity index (χ1v) is 4.57. The maximum atomic E-state index is 11.5. The van der Waals surface area contributed by atoms with E-state index in [1.54, 1.807) is 0 Å². The van der Waals surface area contributed by atoms with Crippen molar-refractivity contribution in [3.05, 3.63) is 35.5 Å². The number of carbonyl (C=O) groups excluding carboxylic acids is 1. The van der Waals surface area contributed by atoms with Gasteiger partial charge in [0.15, 0.2) is 0 Å². The van der Waals surface area contributed by atoms with Crippen LogP contribution in [0, 0.1) is 0 Å². The summed E-state index contributed by atoms with van der Waals surface area (Å²) in [5.74, 6) is 0.0439. The van der Waals surface area contributed by atoms with Crippen molar-refractivity contribution in [2.45, 2.75) is 6.61 Å². The van der Waals surface area contributed by atoms with Crippen molar-refractivity contribution in [2.75, 3.05) is 6.61 Å². The van der Waals surface area contributed by atoms with Crippen molar-refractivity contribution in [3.8, 4) is 0 Å². The van der Waals surface area contributed by atoms with E-state index in [0.29, 0.717) is 6.61 Å². The molecule has 1 aliphatic heterocycles. The Kier molecular flexibility index (Phi) is 1.49. The van der Waals surface area contributed by atoms with Gasteiger partial charge in [0.1, 0.15) is 6.61 Å². The Hall–Kier alpha value is -1.61. The zero-order chi connectivity index (χ0) is 9.54. The van der Waals surface area contributed by atoms with Gasteiger partial charge in [-0.1, -0.05) is 18.2 Å². The third kappa shape index (κ3) is 0.930. The molecule has 2 heterocycles. The molecule has 3 nitrogen and oxygen atoms in total. The maximum Gasteiger partial charge on any atom is 0.204 e. The molecule has 70 valence electrons. The lowest BCUT2D eigenvalue weighted by Crippen LogP contribution is -2.17. The standard InChI is InChI=1S/C11H9NO2/c13-10-6-14-5-8-7-3-1-2-4-9(7)12-11(8)10/h1-4,12H,5-6H2. The van der Waals surface area contributed by atoms with E-state index < -0.39 is 0 Å². The van der Waals surface area contributed by atoms with Crippen LogP contribution in [0.4, 0.5) is 0 Å². The van der Waals surface area contributed by atoms with Crippen molar-refractivity contribution in [2.24, 2.45) is 0 Å². The number of aromatic amines is 1. The fourth-order valence-electron chi connectivity index (χ4n) is 1.91. The molecule has 0 amide bonds. The quantitative estimate of drug-likeness (QED) is 0.684. The minimum Gasteiger partial charge on any atom is -0.368 e. The third-order valence-corrected chi connectivity index (χ3v) is 2.57. The number of ketones is 1. The average molecular weight is 187 g/mol. The van der Waals surface area contributed by atoms with Gasteiger partial charge in [-0.2, -0.15) is 0 Å². The van der Waals surface area contributed by atoms with Crippen molar-refractivity contribution in [1.29, 1.82) is 0 Å². The maximum absolute atomic E-state index is 11.5. The Labute approximate surface area is 80.7 Å². The second kappa shape index (κ2) is 2.69. The average Bonchev–Trinajstić information content (AvgIpc) is 2.59. The van der Waals surface area contributed by atoms with Gasteiger partial charge in [-0.25, -0.2) is 0 Å². The van der Waals surface area contributed by atoms with Crippen molar-refractivity contribution >= 4 is 16.7 Å². The van der Waals surface area contributed by atoms with E-state index >= 15 is 0 Å². The molecule has 2 aromatic rings. The van der Waals surface area contributed by atoms with E-state index in [-0.39, 0.29) is 12.4 Å². The number of nitrogens with one attached hydrogen (secondary N) is 1. The Balaban J connectivity index is 2.38. The van der Waals surface area contributed by atoms with Gasteiger partial charge < -0.3 is 9.72 Å². The molecule has 0 unspecified atom stereocenters. The van der Waals surface area contributed by atoms with Gasteiger partial charge in [-0.3, -0.25) is 4.79 Å². The van der Waals surface area contributed by atoms with Crippen LogP contribution in [-0.2, 0) is 11.3 Å². The number of rotatable bonds is 0. The number of hydrogen-bond acceptors (Lipinski definition) is 2. The minimum absolute atomic E-state index is 0.0439. The molecule has 0 fully saturated rings. The van der Waals surface area contributed by atoms with Crippen LogP contribution in [0.3, 0.4) is 0 Å². The first kappa shape index (κ1) is 7.76. The third-order valence-electron chi connectivity index (χ3n) is 2.57. The van der Waals surface area contributed by atoms with Crippen LogP contribution in [0.1, 0.15) is 16.1 Å². The van der Waals surface area contributed by atoms with E-state index in [4.69, 9.17) is 4.74 Å². The summed E-state index contributed by atoms with van der Waals surface area (Å²) in [5, 5.41) is 1.09. The van der Waals surface area contributed by atoms with Gasteiger partial charge in [0, 0.05) is 16.5 Å². The minimum atomic E-state index is 0.0439. The first-order valence-electron chi connectivity index (χ1n) is 4.57. The molecule has 14 heavy (non-hydrogen) atoms. The second-order valence-electron chi connectivity index (χ2n) is 3.44. The van der Waals surface area contributed by atoms with Crippen LogP contribution in [0.2, 0.25) is 0 Å². The van der Waals surface area contributed by atoms with Crippen LogP contribution in [0.5, 0.6) is 0 Å². The normalized spacial score (nSPS) is 15.9. The lowest BCUT2D eigenvalue weighted by molar-refractivity contribution is 0.0663. The van der Waals surface area contributed by atoms with Crippen LogP contribution in [0.25, 0.3) is 10.9 Å². The molecule has 1 aromatic carbocycles. The zero-order valence-corrected chi connectivity index (χ0v) is 7.54. The Bertz CT molecular complexity index is 513. The Morgan fingerprint density at radius 2 is 2.07 bits per heavy atom. The van der Waals surface area contributed by atoms with Crippen molar-refractivity contribution in [3.63, 3.8) is 0 Å². The number of hydrogen-bond donors (Lipinski definition) is 1. The summed E-state index contributed by atoms with van der Waals surface area (Å²) in [7, 11) is 0. The summed E-state index contributed by atoms with van der Waals surface area (Å²) in [6.07, 6.45) is 0. The molecule has 1 aromatic heterocycles. The molecule has 0 bridgehead atoms. The number of para-hydroxylation sites is 1. The molecule has 1 N–H and O–H groups in total. The summed E-state index contributed by atoms with van der Waals surface area (Å²) in [5.41, 5.74) is 2.73. The van der Waals surface area contributed by atoms with Crippen LogP contribution in [0.15, 0.2) is 24.3 Å². The van der Waals surface area contributed by atoms with E-state index in [1.807, 2.05) is 24.3 Å². The predicted octanol–water partition coefficient (Wildman–Crippen LogP) is 1.88.